The summed E-state index contributed by atoms with van der Waals surface area (Å²) in [6, 6.07) is 0. The standard InChI is InChI=1S/C9H9F3/c10-7-3-8(11)5-9(12,4-7)6-1-2-6/h3-4,6H,1-2,5H2. The first-order chi connectivity index (χ1) is 5.60. The van der Waals surface area contributed by atoms with Crippen LogP contribution in [0.3, 0.4) is 0 Å². The van der Waals surface area contributed by atoms with Gasteiger partial charge >= 0.3 is 0 Å². The Labute approximate surface area is 68.8 Å². The topological polar surface area (TPSA) is 0 Å². The molecule has 0 aromatic heterocycles. The van der Waals surface area contributed by atoms with E-state index < -0.39 is 17.3 Å². The lowest BCUT2D eigenvalue weighted by molar-refractivity contribution is 0.177. The fourth-order valence-electron chi connectivity index (χ4n) is 1.61. The molecule has 0 nitrogen and oxygen atoms in total. The van der Waals surface area contributed by atoms with Crippen LogP contribution in [0.4, 0.5) is 13.2 Å². The van der Waals surface area contributed by atoms with Gasteiger partial charge in [-0.05, 0) is 24.8 Å². The molecule has 0 aliphatic heterocycles. The van der Waals surface area contributed by atoms with E-state index in [0.717, 1.165) is 25.0 Å². The van der Waals surface area contributed by atoms with Crippen LogP contribution in [-0.4, -0.2) is 5.67 Å². The maximum atomic E-state index is 13.7. The van der Waals surface area contributed by atoms with Crippen LogP contribution in [0, 0.1) is 5.92 Å². The van der Waals surface area contributed by atoms with Gasteiger partial charge < -0.3 is 0 Å². The second kappa shape index (κ2) is 2.38. The predicted octanol–water partition coefficient (Wildman–Crippen LogP) is 3.22. The minimum Gasteiger partial charge on any atom is -0.238 e. The van der Waals surface area contributed by atoms with Gasteiger partial charge in [0, 0.05) is 12.5 Å². The van der Waals surface area contributed by atoms with E-state index in [-0.39, 0.29) is 12.3 Å². The fourth-order valence-corrected chi connectivity index (χ4v) is 1.61. The second-order valence-corrected chi connectivity index (χ2v) is 3.50. The molecule has 0 N–H and O–H groups in total. The van der Waals surface area contributed by atoms with Crippen molar-refractivity contribution < 1.29 is 13.2 Å². The molecule has 0 amide bonds. The van der Waals surface area contributed by atoms with Gasteiger partial charge in [0.05, 0.1) is 0 Å². The van der Waals surface area contributed by atoms with Crippen molar-refractivity contribution in [3.8, 4) is 0 Å². The summed E-state index contributed by atoms with van der Waals surface area (Å²) < 4.78 is 38.9. The second-order valence-electron chi connectivity index (χ2n) is 3.50. The van der Waals surface area contributed by atoms with E-state index in [1.165, 1.54) is 0 Å². The first kappa shape index (κ1) is 7.90. The van der Waals surface area contributed by atoms with Crippen LogP contribution in [-0.2, 0) is 0 Å². The average molecular weight is 174 g/mol. The maximum Gasteiger partial charge on any atom is 0.141 e. The van der Waals surface area contributed by atoms with Crippen molar-refractivity contribution in [2.24, 2.45) is 5.92 Å². The summed E-state index contributed by atoms with van der Waals surface area (Å²) in [4.78, 5) is 0. The number of alkyl halides is 1. The van der Waals surface area contributed by atoms with Gasteiger partial charge in [0.1, 0.15) is 17.3 Å². The Kier molecular flexibility index (Phi) is 1.56. The van der Waals surface area contributed by atoms with Crippen molar-refractivity contribution in [3.05, 3.63) is 23.8 Å². The first-order valence-corrected chi connectivity index (χ1v) is 4.03. The van der Waals surface area contributed by atoms with Crippen molar-refractivity contribution in [2.75, 3.05) is 0 Å². The summed E-state index contributed by atoms with van der Waals surface area (Å²) in [5.74, 6) is -1.64. The molecule has 0 saturated heterocycles. The molecule has 0 heterocycles. The highest BCUT2D eigenvalue weighted by Crippen LogP contribution is 2.48. The molecule has 2 aliphatic carbocycles. The highest BCUT2D eigenvalue weighted by molar-refractivity contribution is 5.28. The highest BCUT2D eigenvalue weighted by atomic mass is 19.2. The Bertz CT molecular complexity index is 263. The molecule has 0 aromatic rings. The summed E-state index contributed by atoms with van der Waals surface area (Å²) in [7, 11) is 0. The Balaban J connectivity index is 2.24. The van der Waals surface area contributed by atoms with Crippen molar-refractivity contribution in [3.63, 3.8) is 0 Å². The van der Waals surface area contributed by atoms with Crippen molar-refractivity contribution >= 4 is 0 Å². The summed E-state index contributed by atoms with van der Waals surface area (Å²) in [6.07, 6.45) is 2.86. The predicted molar refractivity (Wildman–Crippen MR) is 39.6 cm³/mol. The van der Waals surface area contributed by atoms with E-state index in [4.69, 9.17) is 0 Å². The molecule has 0 radical (unpaired) electrons. The van der Waals surface area contributed by atoms with Crippen LogP contribution >= 0.6 is 0 Å². The van der Waals surface area contributed by atoms with Crippen LogP contribution in [0.5, 0.6) is 0 Å². The number of allylic oxidation sites excluding steroid dienone is 4. The summed E-state index contributed by atoms with van der Waals surface area (Å²) in [5.41, 5.74) is -1.75. The van der Waals surface area contributed by atoms with Gasteiger partial charge in [-0.25, -0.2) is 13.2 Å². The van der Waals surface area contributed by atoms with Crippen LogP contribution in [0.15, 0.2) is 23.8 Å². The lowest BCUT2D eigenvalue weighted by Crippen LogP contribution is -2.25. The molecule has 66 valence electrons. The monoisotopic (exact) mass is 174 g/mol. The molecule has 1 saturated carbocycles. The number of rotatable bonds is 1. The lowest BCUT2D eigenvalue weighted by Gasteiger charge is -2.22. The van der Waals surface area contributed by atoms with Gasteiger partial charge in [-0.15, -0.1) is 0 Å². The number of halogens is 3. The molecular weight excluding hydrogens is 165 g/mol. The van der Waals surface area contributed by atoms with Crippen LogP contribution in [0.25, 0.3) is 0 Å². The minimum absolute atomic E-state index is 0.164. The van der Waals surface area contributed by atoms with Gasteiger partial charge in [-0.3, -0.25) is 0 Å². The van der Waals surface area contributed by atoms with Gasteiger partial charge in [-0.2, -0.15) is 0 Å². The van der Waals surface area contributed by atoms with Crippen molar-refractivity contribution in [1.82, 2.24) is 0 Å². The zero-order valence-corrected chi connectivity index (χ0v) is 6.49. The SMILES string of the molecule is FC1=CC(F)(C2CC2)CC(F)=C1. The quantitative estimate of drug-likeness (QED) is 0.572. The van der Waals surface area contributed by atoms with E-state index in [1.807, 2.05) is 0 Å². The molecule has 0 spiro atoms. The highest BCUT2D eigenvalue weighted by Gasteiger charge is 2.46. The summed E-state index contributed by atoms with van der Waals surface area (Å²) in [6.45, 7) is 0. The first-order valence-electron chi connectivity index (χ1n) is 4.03. The largest absolute Gasteiger partial charge is 0.238 e. The Morgan fingerprint density at radius 3 is 2.50 bits per heavy atom. The van der Waals surface area contributed by atoms with Crippen LogP contribution in [0.1, 0.15) is 19.3 Å². The van der Waals surface area contributed by atoms with Crippen molar-refractivity contribution in [1.29, 1.82) is 0 Å². The van der Waals surface area contributed by atoms with E-state index >= 15 is 0 Å². The molecule has 2 rings (SSSR count). The molecule has 1 unspecified atom stereocenters. The zero-order valence-electron chi connectivity index (χ0n) is 6.49. The Hall–Kier alpha value is -0.730. The average Bonchev–Trinajstić information content (AvgIpc) is 2.61. The lowest BCUT2D eigenvalue weighted by atomic mass is 9.91. The maximum absolute atomic E-state index is 13.7. The van der Waals surface area contributed by atoms with E-state index in [2.05, 4.69) is 0 Å². The molecule has 2 aliphatic rings. The number of hydrogen-bond acceptors (Lipinski definition) is 0. The fraction of sp³-hybridized carbons (Fsp3) is 0.556. The third kappa shape index (κ3) is 1.28. The third-order valence-electron chi connectivity index (χ3n) is 2.37. The molecular formula is C9H9F3. The normalized spacial score (nSPS) is 35.9. The van der Waals surface area contributed by atoms with Gasteiger partial charge in [-0.1, -0.05) is 0 Å². The van der Waals surface area contributed by atoms with E-state index in [0.29, 0.717) is 0 Å². The Morgan fingerprint density at radius 2 is 2.00 bits per heavy atom. The molecule has 0 bridgehead atoms. The minimum atomic E-state index is -1.75. The molecule has 0 aromatic carbocycles. The molecule has 3 heteroatoms. The molecule has 1 fully saturated rings. The van der Waals surface area contributed by atoms with Gasteiger partial charge in [0.25, 0.3) is 0 Å². The van der Waals surface area contributed by atoms with Crippen molar-refractivity contribution in [2.45, 2.75) is 24.9 Å². The molecule has 12 heavy (non-hydrogen) atoms. The third-order valence-corrected chi connectivity index (χ3v) is 2.37. The van der Waals surface area contributed by atoms with E-state index in [1.54, 1.807) is 0 Å². The summed E-state index contributed by atoms with van der Waals surface area (Å²) in [5, 5.41) is 0. The summed E-state index contributed by atoms with van der Waals surface area (Å²) >= 11 is 0. The van der Waals surface area contributed by atoms with E-state index in [9.17, 15) is 13.2 Å². The Morgan fingerprint density at radius 1 is 1.33 bits per heavy atom. The van der Waals surface area contributed by atoms with Crippen LogP contribution in [0.2, 0.25) is 0 Å². The van der Waals surface area contributed by atoms with Gasteiger partial charge in [0.2, 0.25) is 0 Å². The van der Waals surface area contributed by atoms with Crippen LogP contribution < -0.4 is 0 Å². The number of hydrogen-bond donors (Lipinski definition) is 0. The smallest absolute Gasteiger partial charge is 0.141 e. The van der Waals surface area contributed by atoms with Gasteiger partial charge in [0.15, 0.2) is 0 Å². The molecule has 1 atom stereocenters. The zero-order chi connectivity index (χ0) is 8.77.